The molecule has 2 aromatic rings. The van der Waals surface area contributed by atoms with Crippen LogP contribution in [0, 0.1) is 17.1 Å². The van der Waals surface area contributed by atoms with Crippen LogP contribution in [0.15, 0.2) is 36.4 Å². The van der Waals surface area contributed by atoms with E-state index in [9.17, 15) is 4.39 Å². The van der Waals surface area contributed by atoms with E-state index in [1.54, 1.807) is 30.3 Å². The number of benzene rings is 2. The fourth-order valence-corrected chi connectivity index (χ4v) is 1.95. The highest BCUT2D eigenvalue weighted by Gasteiger charge is 2.05. The van der Waals surface area contributed by atoms with E-state index < -0.39 is 5.82 Å². The molecular formula is C15H12ClFN2O. The molecule has 0 saturated carbocycles. The van der Waals surface area contributed by atoms with Crippen LogP contribution in [0.4, 0.5) is 10.1 Å². The van der Waals surface area contributed by atoms with Gasteiger partial charge in [-0.25, -0.2) is 4.39 Å². The molecule has 20 heavy (non-hydrogen) atoms. The van der Waals surface area contributed by atoms with E-state index in [0.29, 0.717) is 22.8 Å². The molecule has 0 radical (unpaired) electrons. The average Bonchev–Trinajstić information content (AvgIpc) is 2.46. The lowest BCUT2D eigenvalue weighted by Gasteiger charge is -2.09. The van der Waals surface area contributed by atoms with Crippen LogP contribution in [0.25, 0.3) is 0 Å². The zero-order valence-corrected chi connectivity index (χ0v) is 11.5. The van der Waals surface area contributed by atoms with Crippen LogP contribution in [0.1, 0.15) is 11.1 Å². The normalized spacial score (nSPS) is 9.90. The number of hydrogen-bond donors (Lipinski definition) is 1. The maximum atomic E-state index is 13.6. The number of hydrogen-bond acceptors (Lipinski definition) is 3. The Morgan fingerprint density at radius 2 is 2.10 bits per heavy atom. The summed E-state index contributed by atoms with van der Waals surface area (Å²) in [4.78, 5) is 0. The second kappa shape index (κ2) is 6.27. The number of rotatable bonds is 4. The highest BCUT2D eigenvalue weighted by Crippen LogP contribution is 2.22. The van der Waals surface area contributed by atoms with E-state index in [-0.39, 0.29) is 5.75 Å². The van der Waals surface area contributed by atoms with E-state index in [1.165, 1.54) is 13.2 Å². The molecule has 3 nitrogen and oxygen atoms in total. The van der Waals surface area contributed by atoms with Crippen LogP contribution in [0.2, 0.25) is 5.02 Å². The van der Waals surface area contributed by atoms with Crippen molar-refractivity contribution in [2.75, 3.05) is 12.4 Å². The lowest BCUT2D eigenvalue weighted by molar-refractivity contribution is 0.386. The second-order valence-electron chi connectivity index (χ2n) is 4.12. The van der Waals surface area contributed by atoms with Gasteiger partial charge in [-0.2, -0.15) is 5.26 Å². The standard InChI is InChI=1S/C15H12ClFN2O/c1-20-15-5-2-10(6-13(15)17)9-19-14-4-3-12(16)7-11(14)8-18/h2-7,19H,9H2,1H3. The van der Waals surface area contributed by atoms with Gasteiger partial charge in [-0.05, 0) is 35.9 Å². The quantitative estimate of drug-likeness (QED) is 0.926. The summed E-state index contributed by atoms with van der Waals surface area (Å²) in [7, 11) is 1.42. The first-order valence-corrected chi connectivity index (χ1v) is 6.28. The van der Waals surface area contributed by atoms with Gasteiger partial charge in [-0.15, -0.1) is 0 Å². The third-order valence-corrected chi connectivity index (χ3v) is 3.04. The Labute approximate surface area is 121 Å². The largest absolute Gasteiger partial charge is 0.494 e. The number of nitriles is 1. The molecule has 0 aliphatic heterocycles. The summed E-state index contributed by atoms with van der Waals surface area (Å²) in [5, 5.41) is 12.6. The van der Waals surface area contributed by atoms with Crippen LogP contribution < -0.4 is 10.1 Å². The summed E-state index contributed by atoms with van der Waals surface area (Å²) in [6.45, 7) is 0.400. The van der Waals surface area contributed by atoms with E-state index in [2.05, 4.69) is 11.4 Å². The summed E-state index contributed by atoms with van der Waals surface area (Å²) >= 11 is 5.82. The van der Waals surface area contributed by atoms with Crippen LogP contribution in [-0.4, -0.2) is 7.11 Å². The summed E-state index contributed by atoms with van der Waals surface area (Å²) in [5.41, 5.74) is 1.86. The average molecular weight is 291 g/mol. The van der Waals surface area contributed by atoms with Gasteiger partial charge in [-0.1, -0.05) is 17.7 Å². The van der Waals surface area contributed by atoms with Gasteiger partial charge in [-0.3, -0.25) is 0 Å². The van der Waals surface area contributed by atoms with Gasteiger partial charge >= 0.3 is 0 Å². The van der Waals surface area contributed by atoms with Gasteiger partial charge < -0.3 is 10.1 Å². The van der Waals surface area contributed by atoms with Crippen LogP contribution in [-0.2, 0) is 6.54 Å². The molecule has 1 N–H and O–H groups in total. The molecule has 0 bridgehead atoms. The molecule has 0 aliphatic carbocycles. The molecule has 0 spiro atoms. The van der Waals surface area contributed by atoms with Gasteiger partial charge in [0.05, 0.1) is 18.4 Å². The lowest BCUT2D eigenvalue weighted by atomic mass is 10.1. The van der Waals surface area contributed by atoms with Crippen molar-refractivity contribution in [3.8, 4) is 11.8 Å². The first kappa shape index (κ1) is 14.2. The van der Waals surface area contributed by atoms with Crippen molar-refractivity contribution < 1.29 is 9.13 Å². The fourth-order valence-electron chi connectivity index (χ4n) is 1.78. The van der Waals surface area contributed by atoms with Gasteiger partial charge in [0, 0.05) is 11.6 Å². The highest BCUT2D eigenvalue weighted by atomic mass is 35.5. The Kier molecular flexibility index (Phi) is 4.44. The Balaban J connectivity index is 2.13. The summed E-state index contributed by atoms with van der Waals surface area (Å²) in [5.74, 6) is -0.207. The minimum Gasteiger partial charge on any atom is -0.494 e. The Morgan fingerprint density at radius 3 is 2.75 bits per heavy atom. The smallest absolute Gasteiger partial charge is 0.165 e. The Morgan fingerprint density at radius 1 is 1.30 bits per heavy atom. The number of anilines is 1. The summed E-state index contributed by atoms with van der Waals surface area (Å²) < 4.78 is 18.4. The predicted octanol–water partition coefficient (Wildman–Crippen LogP) is 3.97. The second-order valence-corrected chi connectivity index (χ2v) is 4.56. The van der Waals surface area contributed by atoms with Crippen LogP contribution >= 0.6 is 11.6 Å². The molecule has 0 heterocycles. The molecular weight excluding hydrogens is 279 g/mol. The third kappa shape index (κ3) is 3.19. The summed E-state index contributed by atoms with van der Waals surface area (Å²) in [6.07, 6.45) is 0. The van der Waals surface area contributed by atoms with Crippen LogP contribution in [0.5, 0.6) is 5.75 Å². The monoisotopic (exact) mass is 290 g/mol. The number of halogens is 2. The molecule has 2 rings (SSSR count). The van der Waals surface area contributed by atoms with Gasteiger partial charge in [0.25, 0.3) is 0 Å². The zero-order chi connectivity index (χ0) is 14.5. The van der Waals surface area contributed by atoms with Crippen molar-refractivity contribution in [2.24, 2.45) is 0 Å². The Hall–Kier alpha value is -2.25. The van der Waals surface area contributed by atoms with Gasteiger partial charge in [0.2, 0.25) is 0 Å². The van der Waals surface area contributed by atoms with Crippen molar-refractivity contribution in [3.05, 3.63) is 58.4 Å². The van der Waals surface area contributed by atoms with Crippen molar-refractivity contribution in [1.82, 2.24) is 0 Å². The number of ether oxygens (including phenoxy) is 1. The lowest BCUT2D eigenvalue weighted by Crippen LogP contribution is -2.02. The first-order chi connectivity index (χ1) is 9.63. The van der Waals surface area contributed by atoms with Gasteiger partial charge in [0.15, 0.2) is 11.6 Å². The zero-order valence-electron chi connectivity index (χ0n) is 10.8. The Bertz CT molecular complexity index is 667. The van der Waals surface area contributed by atoms with Gasteiger partial charge in [0.1, 0.15) is 6.07 Å². The maximum Gasteiger partial charge on any atom is 0.165 e. The molecule has 102 valence electrons. The molecule has 0 amide bonds. The minimum atomic E-state index is -0.414. The molecule has 2 aromatic carbocycles. The van der Waals surface area contributed by atoms with E-state index in [4.69, 9.17) is 21.6 Å². The maximum absolute atomic E-state index is 13.6. The fraction of sp³-hybridized carbons (Fsp3) is 0.133. The number of nitrogens with one attached hydrogen (secondary N) is 1. The van der Waals surface area contributed by atoms with E-state index >= 15 is 0 Å². The molecule has 0 unspecified atom stereocenters. The highest BCUT2D eigenvalue weighted by molar-refractivity contribution is 6.30. The SMILES string of the molecule is COc1ccc(CNc2ccc(Cl)cc2C#N)cc1F. The molecule has 0 fully saturated rings. The van der Waals surface area contributed by atoms with E-state index in [0.717, 1.165) is 5.56 Å². The predicted molar refractivity (Wildman–Crippen MR) is 76.4 cm³/mol. The van der Waals surface area contributed by atoms with Crippen LogP contribution in [0.3, 0.4) is 0 Å². The minimum absolute atomic E-state index is 0.206. The molecule has 0 aromatic heterocycles. The van der Waals surface area contributed by atoms with E-state index in [1.807, 2.05) is 0 Å². The topological polar surface area (TPSA) is 45.0 Å². The molecule has 0 atom stereocenters. The van der Waals surface area contributed by atoms with Crippen molar-refractivity contribution in [2.45, 2.75) is 6.54 Å². The molecule has 0 saturated heterocycles. The van der Waals surface area contributed by atoms with Crippen molar-refractivity contribution >= 4 is 17.3 Å². The molecule has 5 heteroatoms. The third-order valence-electron chi connectivity index (χ3n) is 2.80. The number of methoxy groups -OCH3 is 1. The van der Waals surface area contributed by atoms with Crippen molar-refractivity contribution in [1.29, 1.82) is 5.26 Å². The number of nitrogens with zero attached hydrogens (tertiary/aromatic N) is 1. The summed E-state index contributed by atoms with van der Waals surface area (Å²) in [6, 6.07) is 11.8. The first-order valence-electron chi connectivity index (χ1n) is 5.90. The van der Waals surface area contributed by atoms with Crippen molar-refractivity contribution in [3.63, 3.8) is 0 Å². The molecule has 0 aliphatic rings.